The fraction of sp³-hybridized carbons (Fsp3) is 0.286. The Hall–Kier alpha value is -4.38. The monoisotopic (exact) mass is 542 g/mol. The van der Waals surface area contributed by atoms with E-state index in [0.29, 0.717) is 23.0 Å². The van der Waals surface area contributed by atoms with E-state index in [-0.39, 0.29) is 11.1 Å². The van der Waals surface area contributed by atoms with Crippen LogP contribution in [0.1, 0.15) is 42.5 Å². The molecule has 0 aliphatic rings. The van der Waals surface area contributed by atoms with Crippen molar-refractivity contribution in [3.8, 4) is 11.1 Å². The number of fused-ring (bicyclic) bond motifs is 1. The van der Waals surface area contributed by atoms with E-state index in [0.717, 1.165) is 38.7 Å². The Kier molecular flexibility index (Phi) is 6.77. The van der Waals surface area contributed by atoms with Crippen LogP contribution in [0.5, 0.6) is 0 Å². The van der Waals surface area contributed by atoms with Crippen LogP contribution in [0, 0.1) is 19.3 Å². The molecule has 5 rings (SSSR count). The molecule has 11 heteroatoms. The molecule has 0 bridgehead atoms. The molecular weight excluding hydrogens is 512 g/mol. The number of hydrogen-bond donors (Lipinski definition) is 2. The van der Waals surface area contributed by atoms with E-state index in [1.807, 2.05) is 48.9 Å². The zero-order valence-electron chi connectivity index (χ0n) is 22.7. The fourth-order valence-electron chi connectivity index (χ4n) is 4.24. The Morgan fingerprint density at radius 2 is 1.82 bits per heavy atom. The van der Waals surface area contributed by atoms with Crippen molar-refractivity contribution < 1.29 is 9.90 Å². The number of para-hydroxylation sites is 1. The molecule has 4 aromatic heterocycles. The van der Waals surface area contributed by atoms with Gasteiger partial charge < -0.3 is 15.3 Å². The molecule has 5 aromatic rings. The summed E-state index contributed by atoms with van der Waals surface area (Å²) in [6, 6.07) is 13.4. The maximum absolute atomic E-state index is 12.2. The van der Waals surface area contributed by atoms with Gasteiger partial charge in [-0.05, 0) is 55.2 Å². The topological polar surface area (TPSA) is 122 Å². The second-order valence-electron chi connectivity index (χ2n) is 10.6. The van der Waals surface area contributed by atoms with E-state index in [1.165, 1.54) is 0 Å². The highest BCUT2D eigenvalue weighted by Gasteiger charge is 2.22. The van der Waals surface area contributed by atoms with Crippen molar-refractivity contribution in [1.29, 1.82) is 0 Å². The zero-order valence-corrected chi connectivity index (χ0v) is 23.5. The molecule has 2 N–H and O–H groups in total. The van der Waals surface area contributed by atoms with E-state index in [4.69, 9.17) is 0 Å². The molecule has 0 aliphatic heterocycles. The Bertz CT molecular complexity index is 1650. The molecule has 10 nitrogen and oxygen atoms in total. The van der Waals surface area contributed by atoms with Gasteiger partial charge in [0.2, 0.25) is 0 Å². The SMILES string of the molecule is Cc1cc(N(C)c2ccc(-c3cnn(CC(C)(C)C)c3C)c(C(=O)O)n2)nnc1Nc1nc2ccccc2s1. The average molecular weight is 543 g/mol. The Morgan fingerprint density at radius 1 is 1.05 bits per heavy atom. The second kappa shape index (κ2) is 10.1. The standard InChI is InChI=1S/C28H30N8O2S/c1-16-13-23(33-34-25(16)32-27-30-20-9-7-8-10-21(20)39-27)35(6)22-12-11-18(24(31-22)26(37)38)19-14-29-36(17(19)2)15-28(3,4)5/h7-14H,15H2,1-6H3,(H,37,38)(H,30,32,34). The molecule has 0 atom stereocenters. The third kappa shape index (κ3) is 5.44. The number of benzene rings is 1. The maximum Gasteiger partial charge on any atom is 0.355 e. The lowest BCUT2D eigenvalue weighted by Crippen LogP contribution is -2.17. The Labute approximate surface area is 230 Å². The number of carboxylic acids is 1. The van der Waals surface area contributed by atoms with Crippen LogP contribution in [0.15, 0.2) is 48.7 Å². The third-order valence-electron chi connectivity index (χ3n) is 6.28. The van der Waals surface area contributed by atoms with Crippen molar-refractivity contribution in [2.45, 2.75) is 41.2 Å². The van der Waals surface area contributed by atoms with Crippen molar-refractivity contribution in [2.75, 3.05) is 17.3 Å². The van der Waals surface area contributed by atoms with Gasteiger partial charge in [-0.15, -0.1) is 10.2 Å². The van der Waals surface area contributed by atoms with E-state index in [1.54, 1.807) is 41.6 Å². The molecule has 0 fully saturated rings. The summed E-state index contributed by atoms with van der Waals surface area (Å²) >= 11 is 1.54. The third-order valence-corrected chi connectivity index (χ3v) is 7.23. The highest BCUT2D eigenvalue weighted by molar-refractivity contribution is 7.22. The molecule has 4 heterocycles. The summed E-state index contributed by atoms with van der Waals surface area (Å²) in [5.41, 5.74) is 3.95. The lowest BCUT2D eigenvalue weighted by Gasteiger charge is -2.20. The van der Waals surface area contributed by atoms with Gasteiger partial charge in [-0.3, -0.25) is 4.68 Å². The van der Waals surface area contributed by atoms with Gasteiger partial charge >= 0.3 is 5.97 Å². The quantitative estimate of drug-likeness (QED) is 0.247. The number of pyridine rings is 1. The number of anilines is 4. The van der Waals surface area contributed by atoms with Gasteiger partial charge in [-0.2, -0.15) is 5.10 Å². The lowest BCUT2D eigenvalue weighted by molar-refractivity contribution is 0.0691. The largest absolute Gasteiger partial charge is 0.476 e. The molecular formula is C28H30N8O2S. The van der Waals surface area contributed by atoms with Gasteiger partial charge in [0.15, 0.2) is 22.5 Å². The van der Waals surface area contributed by atoms with Crippen LogP contribution >= 0.6 is 11.3 Å². The highest BCUT2D eigenvalue weighted by atomic mass is 32.1. The summed E-state index contributed by atoms with van der Waals surface area (Å²) in [5, 5.41) is 27.2. The molecule has 0 saturated carbocycles. The fourth-order valence-corrected chi connectivity index (χ4v) is 5.10. The average Bonchev–Trinajstić information content (AvgIpc) is 3.46. The minimum absolute atomic E-state index is 0.0348. The van der Waals surface area contributed by atoms with Gasteiger partial charge in [0.05, 0.1) is 16.4 Å². The number of nitrogens with zero attached hydrogens (tertiary/aromatic N) is 7. The number of rotatable bonds is 7. The lowest BCUT2D eigenvalue weighted by atomic mass is 9.97. The molecule has 0 spiro atoms. The van der Waals surface area contributed by atoms with Gasteiger partial charge in [0.1, 0.15) is 5.82 Å². The van der Waals surface area contributed by atoms with Crippen molar-refractivity contribution in [1.82, 2.24) is 29.9 Å². The molecule has 1 aromatic carbocycles. The minimum Gasteiger partial charge on any atom is -0.476 e. The Morgan fingerprint density at radius 3 is 2.51 bits per heavy atom. The van der Waals surface area contributed by atoms with E-state index in [9.17, 15) is 9.90 Å². The first-order valence-electron chi connectivity index (χ1n) is 12.5. The first kappa shape index (κ1) is 26.2. The van der Waals surface area contributed by atoms with Gasteiger partial charge in [0, 0.05) is 30.4 Å². The second-order valence-corrected chi connectivity index (χ2v) is 11.7. The predicted octanol–water partition coefficient (Wildman–Crippen LogP) is 6.22. The van der Waals surface area contributed by atoms with Crippen LogP contribution in [-0.2, 0) is 6.54 Å². The summed E-state index contributed by atoms with van der Waals surface area (Å²) < 4.78 is 2.99. The van der Waals surface area contributed by atoms with Crippen LogP contribution in [0.25, 0.3) is 21.3 Å². The normalized spacial score (nSPS) is 11.6. The van der Waals surface area contributed by atoms with Crippen molar-refractivity contribution in [2.24, 2.45) is 5.41 Å². The van der Waals surface area contributed by atoms with Crippen molar-refractivity contribution in [3.63, 3.8) is 0 Å². The smallest absolute Gasteiger partial charge is 0.355 e. The number of hydrogen-bond acceptors (Lipinski definition) is 9. The van der Waals surface area contributed by atoms with Gasteiger partial charge in [-0.25, -0.2) is 14.8 Å². The molecule has 0 saturated heterocycles. The first-order chi connectivity index (χ1) is 18.5. The predicted molar refractivity (Wildman–Crippen MR) is 154 cm³/mol. The number of aromatic carboxylic acids is 1. The molecule has 200 valence electrons. The summed E-state index contributed by atoms with van der Waals surface area (Å²) in [7, 11) is 1.78. The number of thiazole rings is 1. The molecule has 0 unspecified atom stereocenters. The molecule has 0 amide bonds. The van der Waals surface area contributed by atoms with Crippen LogP contribution in [0.2, 0.25) is 0 Å². The van der Waals surface area contributed by atoms with E-state index in [2.05, 4.69) is 51.4 Å². The summed E-state index contributed by atoms with van der Waals surface area (Å²) in [6.07, 6.45) is 1.71. The van der Waals surface area contributed by atoms with Crippen molar-refractivity contribution in [3.05, 3.63) is 65.6 Å². The van der Waals surface area contributed by atoms with Crippen molar-refractivity contribution >= 4 is 50.1 Å². The number of nitrogens with one attached hydrogen (secondary N) is 1. The first-order valence-corrected chi connectivity index (χ1v) is 13.3. The van der Waals surface area contributed by atoms with Crippen LogP contribution in [0.4, 0.5) is 22.6 Å². The molecule has 0 radical (unpaired) electrons. The minimum atomic E-state index is -1.11. The van der Waals surface area contributed by atoms with E-state index < -0.39 is 5.97 Å². The zero-order chi connectivity index (χ0) is 27.9. The molecule has 39 heavy (non-hydrogen) atoms. The number of carbonyl (C=O) groups is 1. The van der Waals surface area contributed by atoms with Crippen LogP contribution in [-0.4, -0.2) is 48.1 Å². The summed E-state index contributed by atoms with van der Waals surface area (Å²) in [6.45, 7) is 11.0. The van der Waals surface area contributed by atoms with Gasteiger partial charge in [0.25, 0.3) is 0 Å². The summed E-state index contributed by atoms with van der Waals surface area (Å²) in [5.74, 6) is 0.467. The molecule has 0 aliphatic carbocycles. The van der Waals surface area contributed by atoms with Gasteiger partial charge in [-0.1, -0.05) is 44.2 Å². The van der Waals surface area contributed by atoms with Crippen LogP contribution < -0.4 is 10.2 Å². The van der Waals surface area contributed by atoms with Crippen LogP contribution in [0.3, 0.4) is 0 Å². The summed E-state index contributed by atoms with van der Waals surface area (Å²) in [4.78, 5) is 23.0. The number of carboxylic acid groups (broad SMARTS) is 1. The number of aromatic nitrogens is 6. The highest BCUT2D eigenvalue weighted by Crippen LogP contribution is 2.32. The van der Waals surface area contributed by atoms with E-state index >= 15 is 0 Å². The number of aryl methyl sites for hydroxylation is 1. The Balaban J connectivity index is 1.41. The maximum atomic E-state index is 12.2.